The fourth-order valence-electron chi connectivity index (χ4n) is 3.27. The lowest BCUT2D eigenvalue weighted by Crippen LogP contribution is -2.44. The van der Waals surface area contributed by atoms with Crippen LogP contribution < -0.4 is 5.32 Å². The van der Waals surface area contributed by atoms with Crippen molar-refractivity contribution in [2.24, 2.45) is 0 Å². The van der Waals surface area contributed by atoms with Crippen molar-refractivity contribution in [2.75, 3.05) is 18.4 Å². The van der Waals surface area contributed by atoms with Crippen LogP contribution in [0.5, 0.6) is 0 Å². The van der Waals surface area contributed by atoms with E-state index in [1.165, 1.54) is 11.3 Å². The number of amides is 1. The molecule has 3 aromatic heterocycles. The number of carbonyl (C=O) groups is 1. The zero-order valence-electron chi connectivity index (χ0n) is 14.7. The Bertz CT molecular complexity index is 863. The highest BCUT2D eigenvalue weighted by Crippen LogP contribution is 2.20. The number of thiazole rings is 2. The number of ether oxygens (including phenoxy) is 1. The maximum Gasteiger partial charge on any atom is 0.232 e. The monoisotopic (exact) mass is 391 g/mol. The summed E-state index contributed by atoms with van der Waals surface area (Å²) in [6.07, 6.45) is 4.55. The number of imidazole rings is 1. The van der Waals surface area contributed by atoms with Crippen LogP contribution in [0, 0.1) is 0 Å². The lowest BCUT2D eigenvalue weighted by atomic mass is 10.2. The van der Waals surface area contributed by atoms with Gasteiger partial charge in [-0.25, -0.2) is 9.97 Å². The van der Waals surface area contributed by atoms with Gasteiger partial charge in [0, 0.05) is 42.8 Å². The van der Waals surface area contributed by atoms with Gasteiger partial charge in [-0.1, -0.05) is 0 Å². The molecule has 1 aliphatic rings. The standard InChI is InChI=1S/C17H21N5O2S2/c1-11-6-21(7-12(2)24-11)8-14-10-26-16(18-14)20-15(23)5-13-9-22-3-4-25-17(22)19-13/h3-4,9-12H,5-8H2,1-2H3,(H,18,20,23). The highest BCUT2D eigenvalue weighted by atomic mass is 32.1. The Labute approximate surface area is 159 Å². The molecule has 4 heterocycles. The summed E-state index contributed by atoms with van der Waals surface area (Å²) in [4.78, 5) is 24.5. The molecule has 1 aliphatic heterocycles. The summed E-state index contributed by atoms with van der Waals surface area (Å²) in [6.45, 7) is 6.77. The summed E-state index contributed by atoms with van der Waals surface area (Å²) in [6, 6.07) is 0. The third-order valence-electron chi connectivity index (χ3n) is 4.16. The largest absolute Gasteiger partial charge is 0.373 e. The molecule has 3 aromatic rings. The van der Waals surface area contributed by atoms with Gasteiger partial charge < -0.3 is 10.1 Å². The Morgan fingerprint density at radius 1 is 1.27 bits per heavy atom. The number of anilines is 1. The maximum absolute atomic E-state index is 12.2. The van der Waals surface area contributed by atoms with Gasteiger partial charge in [-0.05, 0) is 13.8 Å². The SMILES string of the molecule is CC1CN(Cc2csc(NC(=O)Cc3cn4ccsc4n3)n2)CC(C)O1. The van der Waals surface area contributed by atoms with Crippen molar-refractivity contribution in [3.63, 3.8) is 0 Å². The van der Waals surface area contributed by atoms with E-state index in [0.717, 1.165) is 36.0 Å². The van der Waals surface area contributed by atoms with E-state index in [9.17, 15) is 4.79 Å². The fraction of sp³-hybridized carbons (Fsp3) is 0.471. The first-order valence-corrected chi connectivity index (χ1v) is 10.3. The Balaban J connectivity index is 1.32. The van der Waals surface area contributed by atoms with E-state index in [4.69, 9.17) is 4.74 Å². The van der Waals surface area contributed by atoms with Gasteiger partial charge in [0.1, 0.15) is 0 Å². The van der Waals surface area contributed by atoms with Crippen molar-refractivity contribution in [3.8, 4) is 0 Å². The minimum atomic E-state index is -0.0923. The van der Waals surface area contributed by atoms with Gasteiger partial charge in [0.2, 0.25) is 5.91 Å². The Morgan fingerprint density at radius 2 is 2.08 bits per heavy atom. The van der Waals surface area contributed by atoms with Crippen LogP contribution in [0.25, 0.3) is 4.96 Å². The summed E-state index contributed by atoms with van der Waals surface area (Å²) in [7, 11) is 0. The molecule has 1 N–H and O–H groups in total. The van der Waals surface area contributed by atoms with Crippen LogP contribution in [0.4, 0.5) is 5.13 Å². The van der Waals surface area contributed by atoms with Gasteiger partial charge in [0.05, 0.1) is 30.0 Å². The van der Waals surface area contributed by atoms with Crippen molar-refractivity contribution in [1.29, 1.82) is 0 Å². The summed E-state index contributed by atoms with van der Waals surface area (Å²) in [5, 5.41) is 7.50. The van der Waals surface area contributed by atoms with Crippen LogP contribution in [0.3, 0.4) is 0 Å². The normalized spacial score (nSPS) is 21.3. The molecule has 7 nitrogen and oxygen atoms in total. The van der Waals surface area contributed by atoms with Crippen LogP contribution in [0.2, 0.25) is 0 Å². The second-order valence-corrected chi connectivity index (χ2v) is 8.38. The maximum atomic E-state index is 12.2. The molecule has 0 aromatic carbocycles. The van der Waals surface area contributed by atoms with E-state index >= 15 is 0 Å². The third kappa shape index (κ3) is 4.12. The number of aromatic nitrogens is 3. The average molecular weight is 392 g/mol. The van der Waals surface area contributed by atoms with Crippen LogP contribution in [0.15, 0.2) is 23.2 Å². The second kappa shape index (κ2) is 7.43. The Kier molecular flexibility index (Phi) is 5.03. The smallest absolute Gasteiger partial charge is 0.232 e. The predicted octanol–water partition coefficient (Wildman–Crippen LogP) is 2.64. The van der Waals surface area contributed by atoms with E-state index in [1.54, 1.807) is 11.3 Å². The van der Waals surface area contributed by atoms with Crippen molar-refractivity contribution >= 4 is 38.7 Å². The van der Waals surface area contributed by atoms with E-state index in [0.29, 0.717) is 5.13 Å². The molecule has 1 saturated heterocycles. The molecule has 0 aliphatic carbocycles. The van der Waals surface area contributed by atoms with Crippen molar-refractivity contribution in [2.45, 2.75) is 39.0 Å². The second-order valence-electron chi connectivity index (χ2n) is 6.65. The van der Waals surface area contributed by atoms with E-state index in [2.05, 4.69) is 34.0 Å². The zero-order chi connectivity index (χ0) is 18.1. The first kappa shape index (κ1) is 17.6. The third-order valence-corrected chi connectivity index (χ3v) is 5.74. The van der Waals surface area contributed by atoms with Crippen LogP contribution >= 0.6 is 22.7 Å². The highest BCUT2D eigenvalue weighted by molar-refractivity contribution is 7.15. The van der Waals surface area contributed by atoms with E-state index in [1.807, 2.05) is 27.6 Å². The lowest BCUT2D eigenvalue weighted by Gasteiger charge is -2.34. The predicted molar refractivity (Wildman–Crippen MR) is 103 cm³/mol. The first-order chi connectivity index (χ1) is 12.5. The molecule has 2 unspecified atom stereocenters. The molecular weight excluding hydrogens is 370 g/mol. The molecule has 0 bridgehead atoms. The highest BCUT2D eigenvalue weighted by Gasteiger charge is 2.22. The molecule has 2 atom stereocenters. The van der Waals surface area contributed by atoms with E-state index in [-0.39, 0.29) is 24.5 Å². The minimum absolute atomic E-state index is 0.0923. The first-order valence-electron chi connectivity index (χ1n) is 8.58. The van der Waals surface area contributed by atoms with Crippen molar-refractivity contribution in [3.05, 3.63) is 34.5 Å². The Hall–Kier alpha value is -1.81. The molecule has 0 spiro atoms. The number of nitrogens with one attached hydrogen (secondary N) is 1. The van der Waals surface area contributed by atoms with Crippen molar-refractivity contribution in [1.82, 2.24) is 19.3 Å². The summed E-state index contributed by atoms with van der Waals surface area (Å²) >= 11 is 3.02. The van der Waals surface area contributed by atoms with Gasteiger partial charge in [0.15, 0.2) is 10.1 Å². The molecule has 1 fully saturated rings. The van der Waals surface area contributed by atoms with Crippen molar-refractivity contribution < 1.29 is 9.53 Å². The van der Waals surface area contributed by atoms with Crippen LogP contribution in [0.1, 0.15) is 25.2 Å². The van der Waals surface area contributed by atoms with Crippen LogP contribution in [-0.2, 0) is 22.5 Å². The summed E-state index contributed by atoms with van der Waals surface area (Å²) in [5.74, 6) is -0.0923. The van der Waals surface area contributed by atoms with Gasteiger partial charge in [-0.3, -0.25) is 14.1 Å². The van der Waals surface area contributed by atoms with Crippen LogP contribution in [-0.4, -0.2) is 50.5 Å². The fourth-order valence-corrected chi connectivity index (χ4v) is 4.71. The summed E-state index contributed by atoms with van der Waals surface area (Å²) in [5.41, 5.74) is 1.75. The number of hydrogen-bond donors (Lipinski definition) is 1. The number of hydrogen-bond acceptors (Lipinski definition) is 7. The van der Waals surface area contributed by atoms with Gasteiger partial charge in [0.25, 0.3) is 0 Å². The minimum Gasteiger partial charge on any atom is -0.373 e. The molecule has 9 heteroatoms. The molecular formula is C17H21N5O2S2. The van der Waals surface area contributed by atoms with E-state index < -0.39 is 0 Å². The quantitative estimate of drug-likeness (QED) is 0.724. The molecule has 138 valence electrons. The average Bonchev–Trinajstić information content (AvgIpc) is 3.23. The lowest BCUT2D eigenvalue weighted by molar-refractivity contribution is -0.115. The molecule has 4 rings (SSSR count). The number of carbonyl (C=O) groups excluding carboxylic acids is 1. The number of nitrogens with zero attached hydrogens (tertiary/aromatic N) is 4. The summed E-state index contributed by atoms with van der Waals surface area (Å²) < 4.78 is 7.69. The zero-order valence-corrected chi connectivity index (χ0v) is 16.3. The topological polar surface area (TPSA) is 71.8 Å². The van der Waals surface area contributed by atoms with Gasteiger partial charge >= 0.3 is 0 Å². The number of fused-ring (bicyclic) bond motifs is 1. The molecule has 26 heavy (non-hydrogen) atoms. The number of morpholine rings is 1. The van der Waals surface area contributed by atoms with Gasteiger partial charge in [-0.2, -0.15) is 0 Å². The molecule has 1 amide bonds. The Morgan fingerprint density at radius 3 is 2.85 bits per heavy atom. The number of rotatable bonds is 5. The molecule has 0 saturated carbocycles. The molecule has 0 radical (unpaired) electrons. The van der Waals surface area contributed by atoms with Gasteiger partial charge in [-0.15, -0.1) is 22.7 Å².